The second kappa shape index (κ2) is 6.16. The lowest BCUT2D eigenvalue weighted by Crippen LogP contribution is -2.61. The zero-order chi connectivity index (χ0) is 14.8. The first kappa shape index (κ1) is 17.0. The van der Waals surface area contributed by atoms with Crippen molar-refractivity contribution in [2.24, 2.45) is 0 Å². The minimum atomic E-state index is -3.60. The topological polar surface area (TPSA) is 170 Å². The van der Waals surface area contributed by atoms with Crippen molar-refractivity contribution in [3.8, 4) is 0 Å². The Morgan fingerprint density at radius 2 is 1.21 bits per heavy atom. The summed E-state index contributed by atoms with van der Waals surface area (Å²) in [6, 6.07) is 0. The summed E-state index contributed by atoms with van der Waals surface area (Å²) in [4.78, 5) is -0.313. The van der Waals surface area contributed by atoms with E-state index in [0.717, 1.165) is 0 Å². The van der Waals surface area contributed by atoms with Crippen LogP contribution in [0.2, 0.25) is 16.7 Å². The van der Waals surface area contributed by atoms with Gasteiger partial charge in [0, 0.05) is 5.67 Å². The Balaban J connectivity index is 3.20. The summed E-state index contributed by atoms with van der Waals surface area (Å²) in [6.45, 7) is 3.15. The summed E-state index contributed by atoms with van der Waals surface area (Å²) in [5.74, 6) is 0. The van der Waals surface area contributed by atoms with Gasteiger partial charge in [0.1, 0.15) is 0 Å². The fourth-order valence-corrected chi connectivity index (χ4v) is 14.4. The fourth-order valence-electron chi connectivity index (χ4n) is 2.47. The molecule has 1 aliphatic heterocycles. The van der Waals surface area contributed by atoms with Gasteiger partial charge in [-0.25, -0.2) is 0 Å². The highest BCUT2D eigenvalue weighted by molar-refractivity contribution is 6.95. The van der Waals surface area contributed by atoms with Crippen molar-refractivity contribution in [1.82, 2.24) is 21.1 Å². The Bertz CT molecular complexity index is 285. The van der Waals surface area contributed by atoms with Crippen molar-refractivity contribution in [2.45, 2.75) is 30.6 Å². The highest BCUT2D eigenvalue weighted by Gasteiger charge is 2.71. The molecule has 0 amide bonds. The molecule has 19 heavy (non-hydrogen) atoms. The second-order valence-electron chi connectivity index (χ2n) is 4.41. The van der Waals surface area contributed by atoms with Crippen molar-refractivity contribution >= 4 is 17.0 Å². The summed E-state index contributed by atoms with van der Waals surface area (Å²) < 4.78 is 9.71. The minimum Gasteiger partial charge on any atom is -0.298 e. The van der Waals surface area contributed by atoms with Crippen LogP contribution in [0.25, 0.3) is 0 Å². The van der Waals surface area contributed by atoms with E-state index < -0.39 is 28.0 Å². The molecule has 4 unspecified atom stereocenters. The van der Waals surface area contributed by atoms with Crippen LogP contribution in [0, 0.1) is 0 Å². The highest BCUT2D eigenvalue weighted by Crippen LogP contribution is 2.53. The van der Waals surface area contributed by atoms with E-state index in [1.54, 1.807) is 13.8 Å². The molecule has 1 aliphatic rings. The zero-order valence-corrected chi connectivity index (χ0v) is 12.3. The van der Waals surface area contributed by atoms with E-state index in [0.29, 0.717) is 0 Å². The van der Waals surface area contributed by atoms with E-state index in [1.807, 2.05) is 0 Å². The third kappa shape index (κ3) is 2.60. The molecule has 0 aromatic rings. The summed E-state index contributed by atoms with van der Waals surface area (Å²) in [5.41, 5.74) is 1.36. The lowest BCUT2D eigenvalue weighted by molar-refractivity contribution is -0.267. The molecular weight excluding hydrogens is 300 g/mol. The van der Waals surface area contributed by atoms with Crippen LogP contribution < -0.4 is 11.3 Å². The van der Waals surface area contributed by atoms with Crippen LogP contribution in [0.4, 0.5) is 0 Å². The fraction of sp³-hybridized carbons (Fsp3) is 1.00. The predicted octanol–water partition coefficient (Wildman–Crippen LogP) is -0.815. The smallest absolute Gasteiger partial charge is 0.298 e. The molecule has 4 atom stereocenters. The van der Waals surface area contributed by atoms with Crippen LogP contribution in [0.15, 0.2) is 0 Å². The average Bonchev–Trinajstić information content (AvgIpc) is 2.54. The van der Waals surface area contributed by atoms with Crippen molar-refractivity contribution in [3.05, 3.63) is 0 Å². The third-order valence-corrected chi connectivity index (χ3v) is 14.3. The quantitative estimate of drug-likeness (QED) is 0.226. The Morgan fingerprint density at radius 1 is 0.895 bits per heavy atom. The van der Waals surface area contributed by atoms with Gasteiger partial charge in [-0.15, -0.1) is 0 Å². The van der Waals surface area contributed by atoms with Gasteiger partial charge < -0.3 is 0 Å². The van der Waals surface area contributed by atoms with Gasteiger partial charge in [-0.2, -0.15) is 0 Å². The molecule has 1 rings (SSSR count). The molecule has 0 radical (unpaired) electrons. The van der Waals surface area contributed by atoms with Gasteiger partial charge in [0.25, 0.3) is 0 Å². The summed E-state index contributed by atoms with van der Waals surface area (Å²) >= 11 is 0. The first-order valence-corrected chi connectivity index (χ1v) is 9.56. The Labute approximate surface area is 110 Å². The minimum absolute atomic E-state index is 0.156. The third-order valence-electron chi connectivity index (χ3n) is 3.80. The van der Waals surface area contributed by atoms with Crippen LogP contribution in [0.1, 0.15) is 13.8 Å². The van der Waals surface area contributed by atoms with Crippen LogP contribution in [-0.2, 0) is 9.05 Å². The lowest BCUT2D eigenvalue weighted by atomic mass is 10.4. The molecule has 1 saturated heterocycles. The van der Waals surface area contributed by atoms with Crippen molar-refractivity contribution in [2.75, 3.05) is 0 Å². The highest BCUT2D eigenvalue weighted by atomic mass is 28.4. The van der Waals surface area contributed by atoms with Crippen LogP contribution in [-0.4, -0.2) is 58.0 Å². The van der Waals surface area contributed by atoms with Crippen molar-refractivity contribution < 1.29 is 40.3 Å². The van der Waals surface area contributed by atoms with Crippen molar-refractivity contribution in [1.29, 1.82) is 0 Å². The number of hydrogen-bond acceptors (Lipinski definition) is 12. The molecule has 12 nitrogen and oxygen atoms in total. The summed E-state index contributed by atoms with van der Waals surface area (Å²) in [7, 11) is -7.21. The molecule has 0 bridgehead atoms. The zero-order valence-electron chi connectivity index (χ0n) is 10.3. The van der Waals surface area contributed by atoms with Crippen LogP contribution in [0.3, 0.4) is 0 Å². The SMILES string of the molecule is CC1C(C)[Si](ONO)(N(O)O)C[Si]1(ONO)N(O)O. The molecule has 1 fully saturated rings. The molecule has 1 heterocycles. The summed E-state index contributed by atoms with van der Waals surface area (Å²) in [6.07, 6.45) is 0. The average molecular weight is 318 g/mol. The molecule has 8 N–H and O–H groups in total. The van der Waals surface area contributed by atoms with E-state index in [-0.39, 0.29) is 15.5 Å². The molecule has 0 spiro atoms. The lowest BCUT2D eigenvalue weighted by Gasteiger charge is -2.32. The molecule has 114 valence electrons. The maximum Gasteiger partial charge on any atom is 0.358 e. The Kier molecular flexibility index (Phi) is 5.51. The summed E-state index contributed by atoms with van der Waals surface area (Å²) in [5, 5.41) is 54.9. The van der Waals surface area contributed by atoms with E-state index in [2.05, 4.69) is 0 Å². The molecule has 0 aromatic heterocycles. The van der Waals surface area contributed by atoms with E-state index in [9.17, 15) is 20.8 Å². The first-order chi connectivity index (χ1) is 8.78. The van der Waals surface area contributed by atoms with Gasteiger partial charge in [-0.05, 0) is 11.1 Å². The monoisotopic (exact) mass is 318 g/mol. The van der Waals surface area contributed by atoms with Gasteiger partial charge >= 0.3 is 17.0 Å². The largest absolute Gasteiger partial charge is 0.358 e. The molecular formula is C5H18N4O8Si2. The van der Waals surface area contributed by atoms with E-state index >= 15 is 0 Å². The van der Waals surface area contributed by atoms with E-state index in [1.165, 1.54) is 11.3 Å². The van der Waals surface area contributed by atoms with Crippen LogP contribution in [0.5, 0.6) is 0 Å². The van der Waals surface area contributed by atoms with Gasteiger partial charge in [-0.1, -0.05) is 34.9 Å². The molecule has 0 saturated carbocycles. The maximum atomic E-state index is 9.38. The number of hydrogen-bond donors (Lipinski definition) is 8. The standard InChI is InChI=1S/C5H18N4O8Si2/c1-4-5(2)19(9(14)15,17-7-11)3-18(4,8(12)13)16-6-10/h4-7,10-15H,3H2,1-2H3. The van der Waals surface area contributed by atoms with Gasteiger partial charge in [0.05, 0.1) is 0 Å². The molecule has 0 aromatic carbocycles. The van der Waals surface area contributed by atoms with Crippen LogP contribution >= 0.6 is 0 Å². The second-order valence-corrected chi connectivity index (χ2v) is 12.2. The predicted molar refractivity (Wildman–Crippen MR) is 58.0 cm³/mol. The van der Waals surface area contributed by atoms with Gasteiger partial charge in [0.15, 0.2) is 0 Å². The number of nitrogens with zero attached hydrogens (tertiary/aromatic N) is 2. The maximum absolute atomic E-state index is 9.38. The van der Waals surface area contributed by atoms with E-state index in [4.69, 9.17) is 19.5 Å². The number of rotatable bonds is 6. The first-order valence-electron chi connectivity index (χ1n) is 5.28. The Morgan fingerprint density at radius 3 is 1.42 bits per heavy atom. The molecule has 0 aliphatic carbocycles. The van der Waals surface area contributed by atoms with Gasteiger partial charge in [0.2, 0.25) is 0 Å². The normalized spacial score (nSPS) is 39.5. The number of nitrogens with one attached hydrogen (secondary N) is 2. The van der Waals surface area contributed by atoms with Crippen molar-refractivity contribution in [3.63, 3.8) is 0 Å². The molecule has 14 heteroatoms. The Hall–Kier alpha value is -0.0462. The van der Waals surface area contributed by atoms with Gasteiger partial charge in [-0.3, -0.25) is 40.3 Å².